The predicted octanol–water partition coefficient (Wildman–Crippen LogP) is 0.822. The molecular formula is C13H18N4O3. The summed E-state index contributed by atoms with van der Waals surface area (Å²) < 4.78 is 6.38. The molecule has 0 spiro atoms. The monoisotopic (exact) mass is 278 g/mol. The van der Waals surface area contributed by atoms with Gasteiger partial charge in [-0.25, -0.2) is 4.79 Å². The normalized spacial score (nSPS) is 9.85. The molecule has 0 N–H and O–H groups in total. The van der Waals surface area contributed by atoms with E-state index in [0.29, 0.717) is 31.7 Å². The van der Waals surface area contributed by atoms with Gasteiger partial charge < -0.3 is 9.64 Å². The van der Waals surface area contributed by atoms with Crippen LogP contribution < -0.4 is 0 Å². The number of ether oxygens (including phenoxy) is 1. The summed E-state index contributed by atoms with van der Waals surface area (Å²) in [6.07, 6.45) is 3.56. The van der Waals surface area contributed by atoms with Crippen molar-refractivity contribution >= 4 is 11.9 Å². The third-order valence-corrected chi connectivity index (χ3v) is 2.68. The van der Waals surface area contributed by atoms with Crippen LogP contribution in [0.4, 0.5) is 0 Å². The molecule has 7 heteroatoms. The minimum Gasteiger partial charge on any atom is -0.462 e. The fourth-order valence-corrected chi connectivity index (χ4v) is 1.55. The Morgan fingerprint density at radius 2 is 2.30 bits per heavy atom. The molecule has 0 aromatic carbocycles. The number of esters is 1. The van der Waals surface area contributed by atoms with Gasteiger partial charge in [-0.15, -0.1) is 0 Å². The number of rotatable bonds is 7. The van der Waals surface area contributed by atoms with Crippen molar-refractivity contribution in [2.24, 2.45) is 0 Å². The quantitative estimate of drug-likeness (QED) is 0.689. The molecule has 0 atom stereocenters. The Labute approximate surface area is 117 Å². The summed E-state index contributed by atoms with van der Waals surface area (Å²) in [5.41, 5.74) is 0.372. The van der Waals surface area contributed by atoms with Gasteiger partial charge in [0.1, 0.15) is 0 Å². The Balaban J connectivity index is 2.44. The third kappa shape index (κ3) is 4.72. The third-order valence-electron chi connectivity index (χ3n) is 2.68. The van der Waals surface area contributed by atoms with Gasteiger partial charge in [0.15, 0.2) is 0 Å². The van der Waals surface area contributed by atoms with Gasteiger partial charge in [-0.3, -0.25) is 9.48 Å². The SMILES string of the molecule is CCOC(=O)c1cnn(CCC(=O)N(C)CCC#N)c1. The number of hydrogen-bond acceptors (Lipinski definition) is 5. The molecule has 0 aliphatic rings. The summed E-state index contributed by atoms with van der Waals surface area (Å²) in [6, 6.07) is 1.99. The molecule has 0 saturated heterocycles. The van der Waals surface area contributed by atoms with Crippen molar-refractivity contribution in [1.29, 1.82) is 5.26 Å². The zero-order valence-electron chi connectivity index (χ0n) is 11.7. The minimum atomic E-state index is -0.420. The van der Waals surface area contributed by atoms with Crippen molar-refractivity contribution in [3.63, 3.8) is 0 Å². The molecule has 0 unspecified atom stereocenters. The van der Waals surface area contributed by atoms with E-state index in [-0.39, 0.29) is 12.3 Å². The van der Waals surface area contributed by atoms with Gasteiger partial charge in [-0.05, 0) is 6.92 Å². The van der Waals surface area contributed by atoms with Crippen LogP contribution in [-0.2, 0) is 16.1 Å². The maximum absolute atomic E-state index is 11.7. The van der Waals surface area contributed by atoms with E-state index >= 15 is 0 Å². The highest BCUT2D eigenvalue weighted by molar-refractivity contribution is 5.88. The lowest BCUT2D eigenvalue weighted by atomic mass is 10.3. The number of nitriles is 1. The first-order valence-corrected chi connectivity index (χ1v) is 6.39. The molecule has 108 valence electrons. The van der Waals surface area contributed by atoms with Crippen LogP contribution in [-0.4, -0.2) is 46.8 Å². The molecule has 1 heterocycles. The number of aryl methyl sites for hydroxylation is 1. The molecule has 0 aliphatic heterocycles. The van der Waals surface area contributed by atoms with Gasteiger partial charge in [-0.2, -0.15) is 10.4 Å². The van der Waals surface area contributed by atoms with Gasteiger partial charge in [0, 0.05) is 32.8 Å². The van der Waals surface area contributed by atoms with Crippen LogP contribution in [0.2, 0.25) is 0 Å². The van der Waals surface area contributed by atoms with Gasteiger partial charge in [-0.1, -0.05) is 0 Å². The number of carbonyl (C=O) groups excluding carboxylic acids is 2. The highest BCUT2D eigenvalue weighted by Gasteiger charge is 2.11. The van der Waals surface area contributed by atoms with Crippen molar-refractivity contribution in [3.05, 3.63) is 18.0 Å². The molecule has 20 heavy (non-hydrogen) atoms. The van der Waals surface area contributed by atoms with Crippen LogP contribution in [0.15, 0.2) is 12.4 Å². The molecule has 0 bridgehead atoms. The van der Waals surface area contributed by atoms with Crippen LogP contribution in [0.25, 0.3) is 0 Å². The Kier molecular flexibility index (Phi) is 6.23. The standard InChI is InChI=1S/C13H18N4O3/c1-3-20-13(19)11-9-15-17(10-11)8-5-12(18)16(2)7-4-6-14/h9-10H,3-5,7-8H2,1-2H3. The van der Waals surface area contributed by atoms with Crippen LogP contribution in [0.5, 0.6) is 0 Å². The molecule has 0 fully saturated rings. The molecule has 1 aromatic heterocycles. The van der Waals surface area contributed by atoms with Gasteiger partial charge in [0.05, 0.1) is 30.9 Å². The Morgan fingerprint density at radius 1 is 1.55 bits per heavy atom. The average molecular weight is 278 g/mol. The minimum absolute atomic E-state index is 0.0616. The maximum Gasteiger partial charge on any atom is 0.341 e. The fraction of sp³-hybridized carbons (Fsp3) is 0.538. The Bertz CT molecular complexity index is 504. The van der Waals surface area contributed by atoms with E-state index in [1.807, 2.05) is 6.07 Å². The Morgan fingerprint density at radius 3 is 2.95 bits per heavy atom. The largest absolute Gasteiger partial charge is 0.462 e. The average Bonchev–Trinajstić information content (AvgIpc) is 2.91. The number of nitrogens with zero attached hydrogens (tertiary/aromatic N) is 4. The molecule has 1 rings (SSSR count). The summed E-state index contributed by atoms with van der Waals surface area (Å²) in [5.74, 6) is -0.482. The summed E-state index contributed by atoms with van der Waals surface area (Å²) >= 11 is 0. The highest BCUT2D eigenvalue weighted by Crippen LogP contribution is 2.02. The summed E-state index contributed by atoms with van der Waals surface area (Å²) in [4.78, 5) is 24.7. The smallest absolute Gasteiger partial charge is 0.341 e. The lowest BCUT2D eigenvalue weighted by Gasteiger charge is -2.15. The maximum atomic E-state index is 11.7. The second kappa shape index (κ2) is 7.94. The zero-order chi connectivity index (χ0) is 15.0. The molecule has 1 amide bonds. The van der Waals surface area contributed by atoms with E-state index in [1.165, 1.54) is 15.8 Å². The molecule has 7 nitrogen and oxygen atoms in total. The number of aromatic nitrogens is 2. The van der Waals surface area contributed by atoms with Crippen molar-refractivity contribution in [2.45, 2.75) is 26.3 Å². The van der Waals surface area contributed by atoms with Gasteiger partial charge >= 0.3 is 5.97 Å². The van der Waals surface area contributed by atoms with Crippen LogP contribution in [0.3, 0.4) is 0 Å². The second-order valence-corrected chi connectivity index (χ2v) is 4.19. The van der Waals surface area contributed by atoms with Crippen molar-refractivity contribution < 1.29 is 14.3 Å². The molecular weight excluding hydrogens is 260 g/mol. The molecule has 0 radical (unpaired) electrons. The molecule has 1 aromatic rings. The van der Waals surface area contributed by atoms with E-state index in [2.05, 4.69) is 5.10 Å². The lowest BCUT2D eigenvalue weighted by molar-refractivity contribution is -0.130. The van der Waals surface area contributed by atoms with E-state index in [1.54, 1.807) is 20.2 Å². The molecule has 0 aliphatic carbocycles. The zero-order valence-corrected chi connectivity index (χ0v) is 11.7. The van der Waals surface area contributed by atoms with Crippen molar-refractivity contribution in [2.75, 3.05) is 20.2 Å². The fourth-order valence-electron chi connectivity index (χ4n) is 1.55. The summed E-state index contributed by atoms with van der Waals surface area (Å²) in [5, 5.41) is 12.5. The number of hydrogen-bond donors (Lipinski definition) is 0. The van der Waals surface area contributed by atoms with E-state index in [0.717, 1.165) is 0 Å². The predicted molar refractivity (Wildman–Crippen MR) is 70.7 cm³/mol. The van der Waals surface area contributed by atoms with E-state index < -0.39 is 5.97 Å². The first-order valence-electron chi connectivity index (χ1n) is 6.39. The Hall–Kier alpha value is -2.36. The highest BCUT2D eigenvalue weighted by atomic mass is 16.5. The summed E-state index contributed by atoms with van der Waals surface area (Å²) in [6.45, 7) is 2.85. The van der Waals surface area contributed by atoms with Crippen molar-refractivity contribution in [1.82, 2.24) is 14.7 Å². The first-order chi connectivity index (χ1) is 9.58. The van der Waals surface area contributed by atoms with Crippen molar-refractivity contribution in [3.8, 4) is 6.07 Å². The van der Waals surface area contributed by atoms with Gasteiger partial charge in [0.2, 0.25) is 5.91 Å². The van der Waals surface area contributed by atoms with E-state index in [4.69, 9.17) is 10.00 Å². The first kappa shape index (κ1) is 15.7. The van der Waals surface area contributed by atoms with Crippen LogP contribution in [0.1, 0.15) is 30.1 Å². The van der Waals surface area contributed by atoms with Gasteiger partial charge in [0.25, 0.3) is 0 Å². The molecule has 0 saturated carbocycles. The second-order valence-electron chi connectivity index (χ2n) is 4.19. The topological polar surface area (TPSA) is 88.2 Å². The lowest BCUT2D eigenvalue weighted by Crippen LogP contribution is -2.28. The van der Waals surface area contributed by atoms with E-state index in [9.17, 15) is 9.59 Å². The van der Waals surface area contributed by atoms with Crippen LogP contribution in [0, 0.1) is 11.3 Å². The number of carbonyl (C=O) groups is 2. The number of amides is 1. The van der Waals surface area contributed by atoms with Crippen LogP contribution >= 0.6 is 0 Å². The summed E-state index contributed by atoms with van der Waals surface area (Å²) in [7, 11) is 1.66.